The zero-order valence-corrected chi connectivity index (χ0v) is 18.2. The van der Waals surface area contributed by atoms with Gasteiger partial charge in [-0.3, -0.25) is 4.79 Å². The van der Waals surface area contributed by atoms with Gasteiger partial charge in [0.25, 0.3) is 0 Å². The predicted octanol–water partition coefficient (Wildman–Crippen LogP) is 4.71. The normalized spacial score (nSPS) is 15.8. The highest BCUT2D eigenvalue weighted by molar-refractivity contribution is 7.09. The molecule has 29 heavy (non-hydrogen) atoms. The van der Waals surface area contributed by atoms with E-state index >= 15 is 0 Å². The lowest BCUT2D eigenvalue weighted by Gasteiger charge is -2.28. The number of anilines is 1. The molecule has 1 saturated carbocycles. The summed E-state index contributed by atoms with van der Waals surface area (Å²) < 4.78 is 17.6. The van der Waals surface area contributed by atoms with Gasteiger partial charge in [-0.2, -0.15) is 4.37 Å². The third kappa shape index (κ3) is 6.49. The van der Waals surface area contributed by atoms with E-state index in [9.17, 15) is 9.18 Å². The second kappa shape index (κ2) is 10.7. The number of aromatic nitrogens is 2. The lowest BCUT2D eigenvalue weighted by Crippen LogP contribution is -2.40. The molecule has 1 amide bonds. The Bertz CT molecular complexity index is 773. The van der Waals surface area contributed by atoms with Gasteiger partial charge in [0.2, 0.25) is 11.0 Å². The number of halogens is 1. The van der Waals surface area contributed by atoms with Crippen molar-refractivity contribution < 1.29 is 9.18 Å². The molecule has 1 N–H and O–H groups in total. The first-order valence-electron chi connectivity index (χ1n) is 10.7. The van der Waals surface area contributed by atoms with Crippen LogP contribution in [0.1, 0.15) is 70.2 Å². The van der Waals surface area contributed by atoms with Crippen molar-refractivity contribution in [1.82, 2.24) is 14.7 Å². The van der Waals surface area contributed by atoms with Crippen molar-refractivity contribution in [3.63, 3.8) is 0 Å². The minimum atomic E-state index is -0.241. The Morgan fingerprint density at radius 1 is 1.28 bits per heavy atom. The van der Waals surface area contributed by atoms with Gasteiger partial charge in [0.15, 0.2) is 0 Å². The van der Waals surface area contributed by atoms with Crippen LogP contribution in [0, 0.1) is 5.82 Å². The summed E-state index contributed by atoms with van der Waals surface area (Å²) in [5.41, 5.74) is 0.984. The zero-order chi connectivity index (χ0) is 20.6. The van der Waals surface area contributed by atoms with Crippen molar-refractivity contribution in [2.45, 2.75) is 77.3 Å². The molecule has 1 heterocycles. The van der Waals surface area contributed by atoms with E-state index in [2.05, 4.69) is 28.4 Å². The summed E-state index contributed by atoms with van der Waals surface area (Å²) in [4.78, 5) is 19.3. The first-order valence-corrected chi connectivity index (χ1v) is 11.5. The van der Waals surface area contributed by atoms with E-state index in [-0.39, 0.29) is 17.8 Å². The molecule has 5 nitrogen and oxygen atoms in total. The maximum absolute atomic E-state index is 13.1. The van der Waals surface area contributed by atoms with Crippen LogP contribution in [-0.2, 0) is 11.2 Å². The standard InChI is InChI=1S/C22H31FN4OS/c1-3-16(2)27(14-13-21(28)24-19-7-5-4-6-8-19)22-25-20(26-29-22)15-17-9-11-18(23)12-10-17/h9-12,16,19H,3-8,13-15H2,1-2H3,(H,24,28). The third-order valence-electron chi connectivity index (χ3n) is 5.65. The first kappa shape index (κ1) is 21.7. The molecule has 3 rings (SSSR count). The highest BCUT2D eigenvalue weighted by Gasteiger charge is 2.20. The fourth-order valence-electron chi connectivity index (χ4n) is 3.71. The fourth-order valence-corrected chi connectivity index (χ4v) is 4.53. The Kier molecular flexibility index (Phi) is 7.98. The van der Waals surface area contributed by atoms with Gasteiger partial charge < -0.3 is 10.2 Å². The minimum absolute atomic E-state index is 0.126. The molecule has 1 aromatic heterocycles. The second-order valence-electron chi connectivity index (χ2n) is 7.90. The number of hydrogen-bond acceptors (Lipinski definition) is 5. The van der Waals surface area contributed by atoms with Crippen LogP contribution in [0.15, 0.2) is 24.3 Å². The Hall–Kier alpha value is -2.02. The van der Waals surface area contributed by atoms with E-state index in [1.54, 1.807) is 12.1 Å². The molecule has 1 aliphatic rings. The third-order valence-corrected chi connectivity index (χ3v) is 6.44. The van der Waals surface area contributed by atoms with Gasteiger partial charge in [0.1, 0.15) is 11.6 Å². The SMILES string of the molecule is CCC(C)N(CCC(=O)NC1CCCCC1)c1nc(Cc2ccc(F)cc2)ns1. The molecule has 0 radical (unpaired) electrons. The number of benzene rings is 1. The van der Waals surface area contributed by atoms with Crippen LogP contribution in [0.2, 0.25) is 0 Å². The summed E-state index contributed by atoms with van der Waals surface area (Å²) in [7, 11) is 0. The fraction of sp³-hybridized carbons (Fsp3) is 0.591. The predicted molar refractivity (Wildman–Crippen MR) is 116 cm³/mol. The summed E-state index contributed by atoms with van der Waals surface area (Å²) in [5, 5.41) is 4.05. The van der Waals surface area contributed by atoms with Crippen molar-refractivity contribution in [1.29, 1.82) is 0 Å². The molecule has 7 heteroatoms. The average molecular weight is 419 g/mol. The molecule has 0 spiro atoms. The van der Waals surface area contributed by atoms with E-state index in [1.807, 2.05) is 0 Å². The summed E-state index contributed by atoms with van der Waals surface area (Å²) >= 11 is 1.37. The molecule has 0 bridgehead atoms. The maximum atomic E-state index is 13.1. The highest BCUT2D eigenvalue weighted by atomic mass is 32.1. The van der Waals surface area contributed by atoms with E-state index in [4.69, 9.17) is 4.98 Å². The number of hydrogen-bond donors (Lipinski definition) is 1. The van der Waals surface area contributed by atoms with Crippen molar-refractivity contribution in [2.75, 3.05) is 11.4 Å². The van der Waals surface area contributed by atoms with Gasteiger partial charge in [-0.1, -0.05) is 38.3 Å². The molecule has 1 atom stereocenters. The smallest absolute Gasteiger partial charge is 0.221 e. The molecule has 1 aliphatic carbocycles. The molecule has 1 fully saturated rings. The van der Waals surface area contributed by atoms with E-state index in [1.165, 1.54) is 42.9 Å². The lowest BCUT2D eigenvalue weighted by atomic mass is 9.95. The first-order chi connectivity index (χ1) is 14.0. The van der Waals surface area contributed by atoms with Crippen LogP contribution in [0.5, 0.6) is 0 Å². The number of carbonyl (C=O) groups is 1. The Morgan fingerprint density at radius 2 is 2.00 bits per heavy atom. The molecule has 0 aliphatic heterocycles. The zero-order valence-electron chi connectivity index (χ0n) is 17.4. The van der Waals surface area contributed by atoms with Gasteiger partial charge >= 0.3 is 0 Å². The van der Waals surface area contributed by atoms with E-state index < -0.39 is 0 Å². The molecule has 2 aromatic rings. The molecule has 1 unspecified atom stereocenters. The number of nitrogens with one attached hydrogen (secondary N) is 1. The monoisotopic (exact) mass is 418 g/mol. The van der Waals surface area contributed by atoms with Crippen LogP contribution < -0.4 is 10.2 Å². The van der Waals surface area contributed by atoms with Gasteiger partial charge in [-0.05, 0) is 43.9 Å². The quantitative estimate of drug-likeness (QED) is 0.641. The van der Waals surface area contributed by atoms with Gasteiger partial charge in [0, 0.05) is 43.0 Å². The van der Waals surface area contributed by atoms with Crippen molar-refractivity contribution in [3.05, 3.63) is 41.5 Å². The maximum Gasteiger partial charge on any atom is 0.221 e. The number of nitrogens with zero attached hydrogens (tertiary/aromatic N) is 3. The topological polar surface area (TPSA) is 58.1 Å². The molecule has 1 aromatic carbocycles. The average Bonchev–Trinajstić information content (AvgIpc) is 3.18. The molecule has 158 valence electrons. The summed E-state index contributed by atoms with van der Waals surface area (Å²) in [5.74, 6) is 0.618. The number of rotatable bonds is 9. The van der Waals surface area contributed by atoms with Crippen molar-refractivity contribution in [3.8, 4) is 0 Å². The largest absolute Gasteiger partial charge is 0.353 e. The van der Waals surface area contributed by atoms with E-state index in [0.29, 0.717) is 25.4 Å². The van der Waals surface area contributed by atoms with Crippen LogP contribution in [0.3, 0.4) is 0 Å². The molecular weight excluding hydrogens is 387 g/mol. The summed E-state index contributed by atoms with van der Waals surface area (Å²) in [6.45, 7) is 4.93. The van der Waals surface area contributed by atoms with Crippen molar-refractivity contribution >= 4 is 22.6 Å². The number of carbonyl (C=O) groups excluding carboxylic acids is 1. The van der Waals surface area contributed by atoms with Gasteiger partial charge in [-0.25, -0.2) is 9.37 Å². The summed E-state index contributed by atoms with van der Waals surface area (Å²) in [6.07, 6.45) is 7.93. The van der Waals surface area contributed by atoms with E-state index in [0.717, 1.165) is 35.8 Å². The second-order valence-corrected chi connectivity index (χ2v) is 8.63. The van der Waals surface area contributed by atoms with Crippen LogP contribution in [0.4, 0.5) is 9.52 Å². The highest BCUT2D eigenvalue weighted by Crippen LogP contribution is 2.23. The minimum Gasteiger partial charge on any atom is -0.353 e. The molecular formula is C22H31FN4OS. The van der Waals surface area contributed by atoms with Crippen LogP contribution in [0.25, 0.3) is 0 Å². The van der Waals surface area contributed by atoms with Crippen LogP contribution in [-0.4, -0.2) is 33.9 Å². The van der Waals surface area contributed by atoms with Gasteiger partial charge in [0.05, 0.1) is 0 Å². The number of amides is 1. The molecule has 0 saturated heterocycles. The Morgan fingerprint density at radius 3 is 2.69 bits per heavy atom. The Labute approximate surface area is 176 Å². The lowest BCUT2D eigenvalue weighted by molar-refractivity contribution is -0.121. The Balaban J connectivity index is 1.58. The van der Waals surface area contributed by atoms with Crippen LogP contribution >= 0.6 is 11.5 Å². The summed E-state index contributed by atoms with van der Waals surface area (Å²) in [6, 6.07) is 7.06. The van der Waals surface area contributed by atoms with Crippen molar-refractivity contribution in [2.24, 2.45) is 0 Å². The van der Waals surface area contributed by atoms with Gasteiger partial charge in [-0.15, -0.1) is 0 Å².